The molecule has 0 amide bonds. The van der Waals surface area contributed by atoms with Gasteiger partial charge < -0.3 is 20.5 Å². The lowest BCUT2D eigenvalue weighted by atomic mass is 9.81. The lowest BCUT2D eigenvalue weighted by Gasteiger charge is -2.44. The van der Waals surface area contributed by atoms with Crippen LogP contribution in [0.4, 0.5) is 5.69 Å². The first-order chi connectivity index (χ1) is 25.2. The number of nitrogens with zero attached hydrogens (tertiary/aromatic N) is 2. The Morgan fingerprint density at radius 1 is 0.868 bits per heavy atom. The number of hydrogen-bond acceptors (Lipinski definition) is 11. The number of hydrogen-bond donors (Lipinski definition) is 3. The fourth-order valence-electron chi connectivity index (χ4n) is 6.23. The molecule has 14 heteroatoms. The molecule has 13 nitrogen and oxygen atoms in total. The lowest BCUT2D eigenvalue weighted by molar-refractivity contribution is -0.384. The Morgan fingerprint density at radius 2 is 1.42 bits per heavy atom. The van der Waals surface area contributed by atoms with Gasteiger partial charge in [0.15, 0.2) is 0 Å². The molecule has 1 saturated heterocycles. The molecular weight excluding hydrogens is 701 g/mol. The highest BCUT2D eigenvalue weighted by Gasteiger charge is 2.42. The summed E-state index contributed by atoms with van der Waals surface area (Å²) in [5.74, 6) is -2.37. The van der Waals surface area contributed by atoms with Crippen LogP contribution in [0.1, 0.15) is 49.4 Å². The van der Waals surface area contributed by atoms with E-state index in [1.807, 2.05) is 36.4 Å². The molecule has 53 heavy (non-hydrogen) atoms. The number of nitrogens with one attached hydrogen (secondary N) is 1. The number of nitro benzene ring substituents is 1. The van der Waals surface area contributed by atoms with E-state index >= 15 is 0 Å². The van der Waals surface area contributed by atoms with Gasteiger partial charge in [0.2, 0.25) is 0 Å². The Balaban J connectivity index is 0.000000469. The lowest BCUT2D eigenvalue weighted by Crippen LogP contribution is -2.54. The Kier molecular flexibility index (Phi) is 12.1. The Bertz CT molecular complexity index is 2080. The molecule has 2 aliphatic rings. The molecule has 2 heterocycles. The van der Waals surface area contributed by atoms with E-state index in [0.29, 0.717) is 24.4 Å². The molecule has 1 atom stereocenters. The van der Waals surface area contributed by atoms with E-state index < -0.39 is 45.1 Å². The molecule has 1 fully saturated rings. The van der Waals surface area contributed by atoms with Crippen LogP contribution in [-0.4, -0.2) is 60.0 Å². The third-order valence-corrected chi connectivity index (χ3v) is 9.45. The van der Waals surface area contributed by atoms with Gasteiger partial charge in [0.25, 0.3) is 15.8 Å². The van der Waals surface area contributed by atoms with Crippen molar-refractivity contribution in [1.82, 2.24) is 10.2 Å². The smallest absolute Gasteiger partial charge is 0.339 e. The minimum absolute atomic E-state index is 0.00271. The van der Waals surface area contributed by atoms with Crippen molar-refractivity contribution in [1.29, 1.82) is 0 Å². The number of rotatable bonds is 10. The van der Waals surface area contributed by atoms with Gasteiger partial charge in [-0.2, -0.15) is 8.42 Å². The fourth-order valence-corrected chi connectivity index (χ4v) is 6.73. The van der Waals surface area contributed by atoms with E-state index in [4.69, 9.17) is 19.8 Å². The summed E-state index contributed by atoms with van der Waals surface area (Å²) in [7, 11) is -4.00. The second-order valence-corrected chi connectivity index (χ2v) is 14.1. The van der Waals surface area contributed by atoms with Crippen molar-refractivity contribution >= 4 is 27.7 Å². The molecule has 1 unspecified atom stereocenters. The first-order valence-electron chi connectivity index (χ1n) is 16.7. The van der Waals surface area contributed by atoms with Crippen molar-refractivity contribution in [2.24, 2.45) is 5.73 Å². The molecule has 0 bridgehead atoms. The second kappa shape index (κ2) is 16.7. The van der Waals surface area contributed by atoms with Gasteiger partial charge in [0.05, 0.1) is 39.0 Å². The number of esters is 2. The van der Waals surface area contributed by atoms with E-state index in [9.17, 15) is 28.1 Å². The maximum atomic E-state index is 13.8. The van der Waals surface area contributed by atoms with Crippen molar-refractivity contribution in [3.8, 4) is 0 Å². The molecule has 276 valence electrons. The zero-order valence-corrected chi connectivity index (χ0v) is 30.1. The van der Waals surface area contributed by atoms with Crippen molar-refractivity contribution in [3.63, 3.8) is 0 Å². The van der Waals surface area contributed by atoms with Crippen molar-refractivity contribution in [2.45, 2.75) is 49.8 Å². The topological polar surface area (TPSA) is 191 Å². The summed E-state index contributed by atoms with van der Waals surface area (Å²) in [5, 5.41) is 14.5. The van der Waals surface area contributed by atoms with Crippen LogP contribution >= 0.6 is 0 Å². The average Bonchev–Trinajstić information content (AvgIpc) is 3.11. The van der Waals surface area contributed by atoms with Crippen molar-refractivity contribution in [2.75, 3.05) is 13.1 Å². The van der Waals surface area contributed by atoms with Crippen LogP contribution in [0.25, 0.3) is 0 Å². The summed E-state index contributed by atoms with van der Waals surface area (Å²) in [6.45, 7) is 6.05. The quantitative estimate of drug-likeness (QED) is 0.0788. The fraction of sp³-hybridized carbons (Fsp3) is 0.231. The van der Waals surface area contributed by atoms with Gasteiger partial charge in [-0.3, -0.25) is 19.6 Å². The Morgan fingerprint density at radius 3 is 1.91 bits per heavy atom. The predicted molar refractivity (Wildman–Crippen MR) is 197 cm³/mol. The number of benzene rings is 4. The second-order valence-electron chi connectivity index (χ2n) is 12.7. The van der Waals surface area contributed by atoms with Crippen LogP contribution in [-0.2, 0) is 29.2 Å². The summed E-state index contributed by atoms with van der Waals surface area (Å²) in [6, 6.07) is 33.5. The van der Waals surface area contributed by atoms with Gasteiger partial charge in [-0.05, 0) is 49.6 Å². The normalized spacial score (nSPS) is 16.3. The van der Waals surface area contributed by atoms with Gasteiger partial charge >= 0.3 is 11.9 Å². The maximum Gasteiger partial charge on any atom is 0.339 e. The molecule has 0 aliphatic carbocycles. The monoisotopic (exact) mass is 740 g/mol. The summed E-state index contributed by atoms with van der Waals surface area (Å²) >= 11 is 0. The highest BCUT2D eigenvalue weighted by atomic mass is 32.2. The number of dihydropyridines is 1. The number of nitro groups is 1. The van der Waals surface area contributed by atoms with E-state index in [0.717, 1.165) is 11.1 Å². The van der Waals surface area contributed by atoms with Gasteiger partial charge in [-0.15, -0.1) is 0 Å². The van der Waals surface area contributed by atoms with Crippen LogP contribution in [0.2, 0.25) is 0 Å². The van der Waals surface area contributed by atoms with Crippen molar-refractivity contribution in [3.05, 3.63) is 165 Å². The summed E-state index contributed by atoms with van der Waals surface area (Å²) < 4.78 is 40.7. The Hall–Kier alpha value is -5.83. The summed E-state index contributed by atoms with van der Waals surface area (Å²) in [5.41, 5.74) is 9.31. The molecule has 0 aromatic heterocycles. The first kappa shape index (κ1) is 38.4. The summed E-state index contributed by atoms with van der Waals surface area (Å²) in [6.07, 6.45) is -0.855. The number of likely N-dealkylation sites (tertiary alicyclic amines) is 1. The van der Waals surface area contributed by atoms with Crippen LogP contribution in [0.15, 0.2) is 143 Å². The van der Waals surface area contributed by atoms with E-state index in [-0.39, 0.29) is 33.6 Å². The van der Waals surface area contributed by atoms with Crippen LogP contribution < -0.4 is 11.1 Å². The molecule has 2 aliphatic heterocycles. The van der Waals surface area contributed by atoms with Crippen LogP contribution in [0, 0.1) is 10.1 Å². The van der Waals surface area contributed by atoms with Crippen molar-refractivity contribution < 1.29 is 37.0 Å². The summed E-state index contributed by atoms with van der Waals surface area (Å²) in [4.78, 5) is 40.3. The third kappa shape index (κ3) is 9.35. The minimum atomic E-state index is -4.00. The molecule has 4 N–H and O–H groups in total. The molecule has 4 aromatic carbocycles. The molecular formula is C39H40N4O9S. The molecule has 0 saturated carbocycles. The van der Waals surface area contributed by atoms with Gasteiger partial charge in [0, 0.05) is 30.9 Å². The van der Waals surface area contributed by atoms with Crippen LogP contribution in [0.5, 0.6) is 0 Å². The number of ether oxygens (including phenoxy) is 2. The SMILES string of the molecule is CC1=C(C(=O)OC(C)C)C(c2cccc([N+](=O)[O-])c2)C(C(=O)OC2CN(C(c3ccccc3)c3ccccc3)C2)=C(N)N1.O=S(=O)(O)c1ccccc1. The molecule has 0 spiro atoms. The van der Waals surface area contributed by atoms with E-state index in [1.54, 1.807) is 45.0 Å². The number of nitrogens with two attached hydrogens (primary N) is 1. The Labute approximate surface area is 307 Å². The van der Waals surface area contributed by atoms with Gasteiger partial charge in [-0.1, -0.05) is 91.0 Å². The number of allylic oxidation sites excluding steroid dienone is 1. The number of non-ortho nitro benzene ring substituents is 1. The first-order valence-corrected chi connectivity index (χ1v) is 18.2. The average molecular weight is 741 g/mol. The van der Waals surface area contributed by atoms with E-state index in [1.165, 1.54) is 30.3 Å². The van der Waals surface area contributed by atoms with E-state index in [2.05, 4.69) is 34.5 Å². The largest absolute Gasteiger partial charge is 0.460 e. The number of carbonyl (C=O) groups excluding carboxylic acids is 2. The van der Waals surface area contributed by atoms with Gasteiger partial charge in [-0.25, -0.2) is 9.59 Å². The zero-order chi connectivity index (χ0) is 38.3. The predicted octanol–water partition coefficient (Wildman–Crippen LogP) is 5.63. The maximum absolute atomic E-state index is 13.8. The van der Waals surface area contributed by atoms with Crippen LogP contribution in [0.3, 0.4) is 0 Å². The molecule has 6 rings (SSSR count). The number of carbonyl (C=O) groups is 2. The standard InChI is InChI=1S/C33H34N4O6.C6H6O3S/c1-20(2)42-32(38)27-21(3)35-31(34)29(28(27)24-15-10-16-25(17-24)37(40)41)33(39)43-26-18-36(19-26)30(22-11-6-4-7-12-22)23-13-8-5-9-14-23;7-10(8,9)6-4-2-1-3-5-6/h4-17,20,26,28,30,35H,18-19,34H2,1-3H3;1-5H,(H,7,8,9). The highest BCUT2D eigenvalue weighted by molar-refractivity contribution is 7.85. The molecule has 4 aromatic rings. The van der Waals surface area contributed by atoms with Gasteiger partial charge in [0.1, 0.15) is 11.9 Å². The third-order valence-electron chi connectivity index (χ3n) is 8.58. The zero-order valence-electron chi connectivity index (χ0n) is 29.3. The molecule has 0 radical (unpaired) electrons. The highest BCUT2D eigenvalue weighted by Crippen LogP contribution is 2.40. The minimum Gasteiger partial charge on any atom is -0.460 e.